The second-order valence-electron chi connectivity index (χ2n) is 6.85. The second kappa shape index (κ2) is 6.87. The molecule has 0 spiro atoms. The van der Waals surface area contributed by atoms with Crippen LogP contribution in [0.3, 0.4) is 0 Å². The van der Waals surface area contributed by atoms with Gasteiger partial charge in [0, 0.05) is 13.1 Å². The number of piperidine rings is 1. The fourth-order valence-electron chi connectivity index (χ4n) is 3.28. The number of benzene rings is 1. The van der Waals surface area contributed by atoms with Gasteiger partial charge < -0.3 is 10.0 Å². The molecule has 0 unspecified atom stereocenters. The van der Waals surface area contributed by atoms with Crippen LogP contribution in [-0.2, 0) is 10.0 Å². The average Bonchev–Trinajstić information content (AvgIpc) is 2.59. The Morgan fingerprint density at radius 2 is 1.88 bits per heavy atom. The van der Waals surface area contributed by atoms with Crippen LogP contribution in [0.4, 0.5) is 0 Å². The van der Waals surface area contributed by atoms with E-state index in [1.54, 1.807) is 0 Å². The molecule has 2 fully saturated rings. The first kappa shape index (κ1) is 18.6. The van der Waals surface area contributed by atoms with E-state index in [9.17, 15) is 18.3 Å². The van der Waals surface area contributed by atoms with Crippen molar-refractivity contribution < 1.29 is 18.3 Å². The van der Waals surface area contributed by atoms with Crippen LogP contribution in [0.25, 0.3) is 0 Å². The molecule has 1 amide bonds. The molecule has 1 aromatic carbocycles. The molecular weight excluding hydrogens is 364 g/mol. The largest absolute Gasteiger partial charge is 0.386 e. The minimum atomic E-state index is -3.62. The summed E-state index contributed by atoms with van der Waals surface area (Å²) in [7, 11) is -3.62. The summed E-state index contributed by atoms with van der Waals surface area (Å²) in [4.78, 5) is 14.2. The fourth-order valence-corrected chi connectivity index (χ4v) is 5.03. The first-order chi connectivity index (χ1) is 11.8. The molecule has 3 rings (SSSR count). The summed E-state index contributed by atoms with van der Waals surface area (Å²) in [6.45, 7) is 3.35. The topological polar surface area (TPSA) is 77.9 Å². The number of sulfonamides is 1. The molecule has 6 nitrogen and oxygen atoms in total. The second-order valence-corrected chi connectivity index (χ2v) is 9.19. The van der Waals surface area contributed by atoms with Gasteiger partial charge in [0.1, 0.15) is 0 Å². The first-order valence-corrected chi connectivity index (χ1v) is 10.4. The molecule has 0 radical (unpaired) electrons. The van der Waals surface area contributed by atoms with Crippen molar-refractivity contribution in [1.82, 2.24) is 9.21 Å². The number of hydrogen-bond donors (Lipinski definition) is 1. The Hall–Kier alpha value is -1.15. The van der Waals surface area contributed by atoms with Gasteiger partial charge in [0.2, 0.25) is 10.0 Å². The van der Waals surface area contributed by atoms with Gasteiger partial charge in [-0.2, -0.15) is 4.31 Å². The zero-order chi connectivity index (χ0) is 18.2. The standard InChI is InChI=1S/C17H23ClN2O4S/c1-2-17(22)11-19(12-17)16(21)14-10-13(6-7-15(14)18)25(23,24)20-8-4-3-5-9-20/h6-7,10,22H,2-5,8-9,11-12H2,1H3. The molecule has 138 valence electrons. The van der Waals surface area contributed by atoms with Crippen LogP contribution in [-0.4, -0.2) is 60.4 Å². The smallest absolute Gasteiger partial charge is 0.255 e. The van der Waals surface area contributed by atoms with Crippen LogP contribution < -0.4 is 0 Å². The molecular formula is C17H23ClN2O4S. The molecule has 2 aliphatic heterocycles. The lowest BCUT2D eigenvalue weighted by molar-refractivity contribution is -0.0826. The molecule has 0 saturated carbocycles. The van der Waals surface area contributed by atoms with Gasteiger partial charge in [0.25, 0.3) is 5.91 Å². The summed E-state index contributed by atoms with van der Waals surface area (Å²) >= 11 is 6.14. The Morgan fingerprint density at radius 3 is 2.48 bits per heavy atom. The van der Waals surface area contributed by atoms with Crippen molar-refractivity contribution in [1.29, 1.82) is 0 Å². The fraction of sp³-hybridized carbons (Fsp3) is 0.588. The van der Waals surface area contributed by atoms with Crippen LogP contribution in [0.2, 0.25) is 5.02 Å². The van der Waals surface area contributed by atoms with Gasteiger partial charge in [-0.15, -0.1) is 0 Å². The predicted octanol–water partition coefficient (Wildman–Crippen LogP) is 2.11. The minimum Gasteiger partial charge on any atom is -0.386 e. The van der Waals surface area contributed by atoms with Gasteiger partial charge in [-0.1, -0.05) is 24.9 Å². The maximum Gasteiger partial charge on any atom is 0.255 e. The van der Waals surface area contributed by atoms with Crippen LogP contribution in [0.5, 0.6) is 0 Å². The molecule has 2 aliphatic rings. The number of carbonyl (C=O) groups is 1. The normalized spacial score (nSPS) is 21.0. The Kier molecular flexibility index (Phi) is 5.12. The van der Waals surface area contributed by atoms with Crippen molar-refractivity contribution >= 4 is 27.5 Å². The zero-order valence-corrected chi connectivity index (χ0v) is 15.8. The number of β-amino-alcohol motifs (C(OH)–C–C–N with tert-alkyl or cyclic N) is 1. The number of aliphatic hydroxyl groups is 1. The Labute approximate surface area is 153 Å². The van der Waals surface area contributed by atoms with Crippen LogP contribution in [0.1, 0.15) is 43.0 Å². The summed E-state index contributed by atoms with van der Waals surface area (Å²) in [5.74, 6) is -0.348. The number of rotatable bonds is 4. The Morgan fingerprint density at radius 1 is 1.24 bits per heavy atom. The van der Waals surface area contributed by atoms with Gasteiger partial charge in [0.15, 0.2) is 0 Å². The third kappa shape index (κ3) is 3.56. The highest BCUT2D eigenvalue weighted by atomic mass is 35.5. The van der Waals surface area contributed by atoms with Crippen LogP contribution in [0, 0.1) is 0 Å². The van der Waals surface area contributed by atoms with Crippen molar-refractivity contribution in [3.63, 3.8) is 0 Å². The molecule has 0 aliphatic carbocycles. The highest BCUT2D eigenvalue weighted by Crippen LogP contribution is 2.30. The van der Waals surface area contributed by atoms with E-state index in [1.165, 1.54) is 27.4 Å². The van der Waals surface area contributed by atoms with E-state index in [0.29, 0.717) is 19.5 Å². The lowest BCUT2D eigenvalue weighted by atomic mass is 9.90. The highest BCUT2D eigenvalue weighted by molar-refractivity contribution is 7.89. The maximum absolute atomic E-state index is 12.8. The SMILES string of the molecule is CCC1(O)CN(C(=O)c2cc(S(=O)(=O)N3CCCCC3)ccc2Cl)C1. The van der Waals surface area contributed by atoms with E-state index >= 15 is 0 Å². The molecule has 1 aromatic rings. The molecule has 25 heavy (non-hydrogen) atoms. The summed E-state index contributed by atoms with van der Waals surface area (Å²) in [6, 6.07) is 4.26. The van der Waals surface area contributed by atoms with E-state index in [-0.39, 0.29) is 34.5 Å². The summed E-state index contributed by atoms with van der Waals surface area (Å²) in [6.07, 6.45) is 3.30. The minimum absolute atomic E-state index is 0.0911. The summed E-state index contributed by atoms with van der Waals surface area (Å²) in [5, 5.41) is 10.3. The molecule has 1 N–H and O–H groups in total. The summed E-state index contributed by atoms with van der Waals surface area (Å²) < 4.78 is 27.1. The van der Waals surface area contributed by atoms with Crippen molar-refractivity contribution in [3.8, 4) is 0 Å². The quantitative estimate of drug-likeness (QED) is 0.859. The van der Waals surface area contributed by atoms with Gasteiger partial charge in [0.05, 0.1) is 34.2 Å². The van der Waals surface area contributed by atoms with Crippen molar-refractivity contribution in [2.45, 2.75) is 43.1 Å². The summed E-state index contributed by atoms with van der Waals surface area (Å²) in [5.41, 5.74) is -0.683. The third-order valence-corrected chi connectivity index (χ3v) is 7.26. The van der Waals surface area contributed by atoms with E-state index in [4.69, 9.17) is 11.6 Å². The Bertz CT molecular complexity index is 769. The van der Waals surface area contributed by atoms with Crippen molar-refractivity contribution in [2.24, 2.45) is 0 Å². The van der Waals surface area contributed by atoms with Gasteiger partial charge in [-0.05, 0) is 37.5 Å². The van der Waals surface area contributed by atoms with Gasteiger partial charge in [-0.3, -0.25) is 4.79 Å². The number of halogens is 1. The van der Waals surface area contributed by atoms with E-state index in [0.717, 1.165) is 19.3 Å². The molecule has 0 bridgehead atoms. The lowest BCUT2D eigenvalue weighted by Crippen LogP contribution is -2.63. The number of amides is 1. The van der Waals surface area contributed by atoms with Crippen molar-refractivity contribution in [2.75, 3.05) is 26.2 Å². The molecule has 0 atom stereocenters. The molecule has 0 aromatic heterocycles. The highest BCUT2D eigenvalue weighted by Gasteiger charge is 2.42. The van der Waals surface area contributed by atoms with Crippen molar-refractivity contribution in [3.05, 3.63) is 28.8 Å². The lowest BCUT2D eigenvalue weighted by Gasteiger charge is -2.46. The Balaban J connectivity index is 1.85. The zero-order valence-electron chi connectivity index (χ0n) is 14.2. The molecule has 2 heterocycles. The number of likely N-dealkylation sites (tertiary alicyclic amines) is 1. The van der Waals surface area contributed by atoms with E-state index in [1.807, 2.05) is 6.92 Å². The average molecular weight is 387 g/mol. The van der Waals surface area contributed by atoms with Gasteiger partial charge >= 0.3 is 0 Å². The number of carbonyl (C=O) groups excluding carboxylic acids is 1. The maximum atomic E-state index is 12.8. The van der Waals surface area contributed by atoms with Crippen LogP contribution >= 0.6 is 11.6 Å². The van der Waals surface area contributed by atoms with E-state index < -0.39 is 15.6 Å². The predicted molar refractivity (Wildman–Crippen MR) is 95.2 cm³/mol. The van der Waals surface area contributed by atoms with Gasteiger partial charge in [-0.25, -0.2) is 8.42 Å². The first-order valence-electron chi connectivity index (χ1n) is 8.58. The number of nitrogens with zero attached hydrogens (tertiary/aromatic N) is 2. The molecule has 8 heteroatoms. The number of hydrogen-bond acceptors (Lipinski definition) is 4. The third-order valence-electron chi connectivity index (χ3n) is 5.04. The monoisotopic (exact) mass is 386 g/mol. The molecule has 2 saturated heterocycles. The van der Waals surface area contributed by atoms with Crippen LogP contribution in [0.15, 0.2) is 23.1 Å². The van der Waals surface area contributed by atoms with E-state index in [2.05, 4.69) is 0 Å².